The summed E-state index contributed by atoms with van der Waals surface area (Å²) in [6.45, 7) is 0.431. The summed E-state index contributed by atoms with van der Waals surface area (Å²) in [6.07, 6.45) is -4.34. The quantitative estimate of drug-likeness (QED) is 0.725. The van der Waals surface area contributed by atoms with E-state index in [-0.39, 0.29) is 0 Å². The van der Waals surface area contributed by atoms with Crippen molar-refractivity contribution in [2.24, 2.45) is 5.73 Å². The molecule has 0 amide bonds. The van der Waals surface area contributed by atoms with Crippen LogP contribution in [-0.4, -0.2) is 4.98 Å². The number of nitrogens with two attached hydrogens (primary N) is 1. The van der Waals surface area contributed by atoms with Crippen LogP contribution in [0.2, 0.25) is 0 Å². The Labute approximate surface area is 119 Å². The van der Waals surface area contributed by atoms with Crippen LogP contribution in [0.5, 0.6) is 0 Å². The van der Waals surface area contributed by atoms with E-state index < -0.39 is 11.7 Å². The molecule has 5 heteroatoms. The molecule has 0 aliphatic carbocycles. The Hall–Kier alpha value is -2.27. The minimum absolute atomic E-state index is 0.431. The molecule has 2 nitrogen and oxygen atoms in total. The van der Waals surface area contributed by atoms with Gasteiger partial charge in [-0.05, 0) is 41.5 Å². The van der Waals surface area contributed by atoms with E-state index in [1.165, 1.54) is 6.07 Å². The van der Waals surface area contributed by atoms with Gasteiger partial charge in [0.05, 0.1) is 5.56 Å². The number of aromatic amines is 1. The Morgan fingerprint density at radius 1 is 1.00 bits per heavy atom. The zero-order valence-electron chi connectivity index (χ0n) is 11.0. The average Bonchev–Trinajstić information content (AvgIpc) is 2.89. The molecule has 3 N–H and O–H groups in total. The molecule has 0 fully saturated rings. The van der Waals surface area contributed by atoms with Gasteiger partial charge in [-0.2, -0.15) is 13.2 Å². The largest absolute Gasteiger partial charge is 0.416 e. The van der Waals surface area contributed by atoms with Crippen molar-refractivity contribution in [3.63, 3.8) is 0 Å². The van der Waals surface area contributed by atoms with Crippen LogP contribution in [0, 0.1) is 0 Å². The molecule has 0 spiro atoms. The first kappa shape index (κ1) is 13.7. The smallest absolute Gasteiger partial charge is 0.355 e. The van der Waals surface area contributed by atoms with Gasteiger partial charge in [-0.15, -0.1) is 0 Å². The lowest BCUT2D eigenvalue weighted by Gasteiger charge is -2.07. The van der Waals surface area contributed by atoms with Crippen LogP contribution in [0.3, 0.4) is 0 Å². The third-order valence-electron chi connectivity index (χ3n) is 3.42. The highest BCUT2D eigenvalue weighted by Gasteiger charge is 2.30. The molecule has 21 heavy (non-hydrogen) atoms. The summed E-state index contributed by atoms with van der Waals surface area (Å²) >= 11 is 0. The Bertz CT molecular complexity index is 788. The second kappa shape index (κ2) is 4.93. The number of hydrogen-bond donors (Lipinski definition) is 2. The number of nitrogens with one attached hydrogen (secondary N) is 1. The lowest BCUT2D eigenvalue weighted by molar-refractivity contribution is -0.137. The number of benzene rings is 2. The van der Waals surface area contributed by atoms with E-state index in [1.54, 1.807) is 6.07 Å². The molecule has 108 valence electrons. The Kier molecular flexibility index (Phi) is 3.22. The van der Waals surface area contributed by atoms with Crippen molar-refractivity contribution in [1.82, 2.24) is 4.98 Å². The van der Waals surface area contributed by atoms with Gasteiger partial charge in [0.1, 0.15) is 0 Å². The molecule has 0 atom stereocenters. The molecule has 0 aliphatic heterocycles. The van der Waals surface area contributed by atoms with Gasteiger partial charge in [-0.25, -0.2) is 0 Å². The number of alkyl halides is 3. The summed E-state index contributed by atoms with van der Waals surface area (Å²) in [5.41, 5.74) is 7.96. The molecular weight excluding hydrogens is 277 g/mol. The number of rotatable bonds is 2. The van der Waals surface area contributed by atoms with E-state index in [0.29, 0.717) is 17.8 Å². The second-order valence-corrected chi connectivity index (χ2v) is 4.89. The maximum atomic E-state index is 12.8. The lowest BCUT2D eigenvalue weighted by atomic mass is 10.1. The van der Waals surface area contributed by atoms with Crippen LogP contribution >= 0.6 is 0 Å². The molecule has 2 aromatic carbocycles. The Morgan fingerprint density at radius 2 is 1.81 bits per heavy atom. The first-order valence-electron chi connectivity index (χ1n) is 6.47. The van der Waals surface area contributed by atoms with E-state index in [0.717, 1.165) is 28.6 Å². The number of fused-ring (bicyclic) bond motifs is 1. The summed E-state index contributed by atoms with van der Waals surface area (Å²) < 4.78 is 38.3. The standard InChI is InChI=1S/C16H13F3N2/c17-16(18,19)13-3-1-2-11(7-13)15-8-12-6-10(9-20)4-5-14(12)21-15/h1-8,21H,9,20H2. The van der Waals surface area contributed by atoms with Crippen molar-refractivity contribution < 1.29 is 13.2 Å². The van der Waals surface area contributed by atoms with Crippen molar-refractivity contribution >= 4 is 10.9 Å². The predicted molar refractivity (Wildman–Crippen MR) is 76.6 cm³/mol. The average molecular weight is 290 g/mol. The molecule has 0 unspecified atom stereocenters. The van der Waals surface area contributed by atoms with Crippen LogP contribution < -0.4 is 5.73 Å². The molecule has 0 saturated heterocycles. The van der Waals surface area contributed by atoms with Gasteiger partial charge in [-0.1, -0.05) is 18.2 Å². The van der Waals surface area contributed by atoms with Crippen molar-refractivity contribution in [2.75, 3.05) is 0 Å². The molecule has 3 aromatic rings. The summed E-state index contributed by atoms with van der Waals surface area (Å²) in [5, 5.41) is 0.936. The van der Waals surface area contributed by atoms with Gasteiger partial charge < -0.3 is 10.7 Å². The fourth-order valence-corrected chi connectivity index (χ4v) is 2.33. The van der Waals surface area contributed by atoms with Gasteiger partial charge in [0.15, 0.2) is 0 Å². The lowest BCUT2D eigenvalue weighted by Crippen LogP contribution is -2.04. The number of hydrogen-bond acceptors (Lipinski definition) is 1. The van der Waals surface area contributed by atoms with Gasteiger partial charge in [0.25, 0.3) is 0 Å². The van der Waals surface area contributed by atoms with Gasteiger partial charge in [-0.3, -0.25) is 0 Å². The van der Waals surface area contributed by atoms with Crippen molar-refractivity contribution in [3.05, 3.63) is 59.7 Å². The van der Waals surface area contributed by atoms with Gasteiger partial charge in [0, 0.05) is 23.1 Å². The molecule has 0 radical (unpaired) electrons. The monoisotopic (exact) mass is 290 g/mol. The summed E-state index contributed by atoms with van der Waals surface area (Å²) in [7, 11) is 0. The van der Waals surface area contributed by atoms with Crippen molar-refractivity contribution in [2.45, 2.75) is 12.7 Å². The fourth-order valence-electron chi connectivity index (χ4n) is 2.33. The van der Waals surface area contributed by atoms with E-state index in [9.17, 15) is 13.2 Å². The molecule has 1 heterocycles. The summed E-state index contributed by atoms with van der Waals surface area (Å²) in [6, 6.07) is 12.8. The van der Waals surface area contributed by atoms with E-state index >= 15 is 0 Å². The molecule has 0 saturated carbocycles. The minimum Gasteiger partial charge on any atom is -0.355 e. The van der Waals surface area contributed by atoms with Crippen LogP contribution in [0.1, 0.15) is 11.1 Å². The highest BCUT2D eigenvalue weighted by molar-refractivity contribution is 5.86. The van der Waals surface area contributed by atoms with Crippen LogP contribution in [-0.2, 0) is 12.7 Å². The normalized spacial score (nSPS) is 12.0. The molecular formula is C16H13F3N2. The minimum atomic E-state index is -4.34. The third kappa shape index (κ3) is 2.64. The van der Waals surface area contributed by atoms with Crippen molar-refractivity contribution in [3.8, 4) is 11.3 Å². The van der Waals surface area contributed by atoms with Gasteiger partial charge >= 0.3 is 6.18 Å². The second-order valence-electron chi connectivity index (χ2n) is 4.89. The zero-order chi connectivity index (χ0) is 15.0. The maximum Gasteiger partial charge on any atom is 0.416 e. The summed E-state index contributed by atoms with van der Waals surface area (Å²) in [4.78, 5) is 3.13. The number of H-pyrrole nitrogens is 1. The third-order valence-corrected chi connectivity index (χ3v) is 3.42. The van der Waals surface area contributed by atoms with E-state index in [4.69, 9.17) is 5.73 Å². The van der Waals surface area contributed by atoms with E-state index in [2.05, 4.69) is 4.98 Å². The first-order chi connectivity index (χ1) is 9.97. The SMILES string of the molecule is NCc1ccc2[nH]c(-c3cccc(C(F)(F)F)c3)cc2c1. The molecule has 1 aromatic heterocycles. The molecule has 3 rings (SSSR count). The first-order valence-corrected chi connectivity index (χ1v) is 6.47. The van der Waals surface area contributed by atoms with Crippen LogP contribution in [0.15, 0.2) is 48.5 Å². The Balaban J connectivity index is 2.08. The summed E-state index contributed by atoms with van der Waals surface area (Å²) in [5.74, 6) is 0. The zero-order valence-corrected chi connectivity index (χ0v) is 11.0. The van der Waals surface area contributed by atoms with E-state index in [1.807, 2.05) is 24.3 Å². The fraction of sp³-hybridized carbons (Fsp3) is 0.125. The topological polar surface area (TPSA) is 41.8 Å². The van der Waals surface area contributed by atoms with Crippen LogP contribution in [0.25, 0.3) is 22.2 Å². The highest BCUT2D eigenvalue weighted by atomic mass is 19.4. The predicted octanol–water partition coefficient (Wildman–Crippen LogP) is 4.31. The highest BCUT2D eigenvalue weighted by Crippen LogP contribution is 2.32. The van der Waals surface area contributed by atoms with Gasteiger partial charge in [0.2, 0.25) is 0 Å². The Morgan fingerprint density at radius 3 is 2.52 bits per heavy atom. The van der Waals surface area contributed by atoms with Crippen LogP contribution in [0.4, 0.5) is 13.2 Å². The number of halogens is 3. The number of aromatic nitrogens is 1. The van der Waals surface area contributed by atoms with Crippen molar-refractivity contribution in [1.29, 1.82) is 0 Å². The molecule has 0 bridgehead atoms. The molecule has 0 aliphatic rings. The maximum absolute atomic E-state index is 12.8.